The van der Waals surface area contributed by atoms with Crippen molar-refractivity contribution < 1.29 is 9.66 Å². The van der Waals surface area contributed by atoms with E-state index >= 15 is 0 Å². The van der Waals surface area contributed by atoms with Gasteiger partial charge < -0.3 is 4.74 Å². The average Bonchev–Trinajstić information content (AvgIpc) is 2.67. The molecule has 0 saturated heterocycles. The Morgan fingerprint density at radius 2 is 1.82 bits per heavy atom. The molecule has 7 heteroatoms. The maximum absolute atomic E-state index is 10.8. The zero-order valence-electron chi connectivity index (χ0n) is 15.5. The quantitative estimate of drug-likeness (QED) is 0.119. The van der Waals surface area contributed by atoms with Crippen molar-refractivity contribution in [1.82, 2.24) is 0 Å². The van der Waals surface area contributed by atoms with Crippen LogP contribution >= 0.6 is 31.9 Å². The van der Waals surface area contributed by atoms with Crippen molar-refractivity contribution in [2.45, 2.75) is 32.6 Å². The number of non-ortho nitro benzene ring substituents is 1. The number of benzene rings is 2. The fourth-order valence-corrected chi connectivity index (χ4v) is 4.06. The molecule has 28 heavy (non-hydrogen) atoms. The van der Waals surface area contributed by atoms with Crippen LogP contribution in [0.15, 0.2) is 45.3 Å². The summed E-state index contributed by atoms with van der Waals surface area (Å²) in [6.07, 6.45) is 6.28. The van der Waals surface area contributed by atoms with E-state index in [1.807, 2.05) is 12.1 Å². The topological polar surface area (TPSA) is 76.2 Å². The normalized spacial score (nSPS) is 11.1. The number of unbranched alkanes of at least 4 members (excludes halogenated alkanes) is 3. The highest BCUT2D eigenvalue weighted by molar-refractivity contribution is 9.11. The molecule has 0 aliphatic carbocycles. The second kappa shape index (κ2) is 11.0. The zero-order valence-corrected chi connectivity index (χ0v) is 18.6. The molecule has 0 N–H and O–H groups in total. The van der Waals surface area contributed by atoms with E-state index in [0.717, 1.165) is 33.1 Å². The highest BCUT2D eigenvalue weighted by Crippen LogP contribution is 2.36. The molecule has 0 heterocycles. The summed E-state index contributed by atoms with van der Waals surface area (Å²) in [5.41, 5.74) is 1.84. The highest BCUT2D eigenvalue weighted by atomic mass is 79.9. The van der Waals surface area contributed by atoms with Gasteiger partial charge in [0.05, 0.1) is 32.1 Å². The number of nitriles is 1. The van der Waals surface area contributed by atoms with Gasteiger partial charge in [0.1, 0.15) is 5.75 Å². The third-order valence-electron chi connectivity index (χ3n) is 4.09. The number of rotatable bonds is 9. The Morgan fingerprint density at radius 1 is 1.18 bits per heavy atom. The summed E-state index contributed by atoms with van der Waals surface area (Å²) in [5, 5.41) is 20.3. The van der Waals surface area contributed by atoms with Crippen molar-refractivity contribution in [1.29, 1.82) is 5.26 Å². The molecule has 0 aromatic heterocycles. The molecule has 2 aromatic carbocycles. The summed E-state index contributed by atoms with van der Waals surface area (Å²) in [4.78, 5) is 10.3. The molecule has 0 fully saturated rings. The van der Waals surface area contributed by atoms with Crippen LogP contribution in [0, 0.1) is 21.4 Å². The van der Waals surface area contributed by atoms with E-state index in [-0.39, 0.29) is 5.69 Å². The average molecular weight is 508 g/mol. The van der Waals surface area contributed by atoms with Gasteiger partial charge in [0.25, 0.3) is 5.69 Å². The van der Waals surface area contributed by atoms with Crippen LogP contribution in [0.1, 0.15) is 43.7 Å². The maximum Gasteiger partial charge on any atom is 0.269 e. The first-order valence-electron chi connectivity index (χ1n) is 8.94. The van der Waals surface area contributed by atoms with Crippen LogP contribution in [-0.2, 0) is 0 Å². The monoisotopic (exact) mass is 506 g/mol. The first kappa shape index (κ1) is 22.1. The number of nitrogens with zero attached hydrogens (tertiary/aromatic N) is 2. The van der Waals surface area contributed by atoms with Crippen molar-refractivity contribution in [3.63, 3.8) is 0 Å². The van der Waals surface area contributed by atoms with Crippen LogP contribution < -0.4 is 4.74 Å². The van der Waals surface area contributed by atoms with Crippen LogP contribution in [-0.4, -0.2) is 11.5 Å². The predicted molar refractivity (Wildman–Crippen MR) is 118 cm³/mol. The first-order chi connectivity index (χ1) is 13.5. The van der Waals surface area contributed by atoms with E-state index in [2.05, 4.69) is 44.9 Å². The number of hydrogen-bond acceptors (Lipinski definition) is 4. The third-order valence-corrected chi connectivity index (χ3v) is 5.26. The van der Waals surface area contributed by atoms with E-state index in [9.17, 15) is 15.4 Å². The van der Waals surface area contributed by atoms with Crippen LogP contribution in [0.3, 0.4) is 0 Å². The lowest BCUT2D eigenvalue weighted by molar-refractivity contribution is -0.384. The van der Waals surface area contributed by atoms with Crippen LogP contribution in [0.5, 0.6) is 5.75 Å². The molecule has 0 amide bonds. The van der Waals surface area contributed by atoms with Gasteiger partial charge in [-0.1, -0.05) is 26.2 Å². The molecule has 0 atom stereocenters. The predicted octanol–water partition coefficient (Wildman–Crippen LogP) is 7.14. The summed E-state index contributed by atoms with van der Waals surface area (Å²) < 4.78 is 7.47. The standard InChI is InChI=1S/C21H20Br2N2O3/c1-2-3-4-5-10-28-21-19(22)12-15(13-20(21)23)11-17(14-24)16-6-8-18(9-7-16)25(26)27/h6-9,11-13H,2-5,10H2,1H3/b17-11+. The molecule has 0 radical (unpaired) electrons. The fourth-order valence-electron chi connectivity index (χ4n) is 2.61. The van der Waals surface area contributed by atoms with Gasteiger partial charge in [0, 0.05) is 12.1 Å². The van der Waals surface area contributed by atoms with Crippen LogP contribution in [0.2, 0.25) is 0 Å². The lowest BCUT2D eigenvalue weighted by atomic mass is 10.0. The number of allylic oxidation sites excluding steroid dienone is 1. The van der Waals surface area contributed by atoms with Gasteiger partial charge in [-0.15, -0.1) is 0 Å². The summed E-state index contributed by atoms with van der Waals surface area (Å²) in [5.74, 6) is 0.738. The molecule has 0 aliphatic rings. The fraction of sp³-hybridized carbons (Fsp3) is 0.286. The summed E-state index contributed by atoms with van der Waals surface area (Å²) in [6.45, 7) is 2.82. The van der Waals surface area contributed by atoms with Crippen LogP contribution in [0.25, 0.3) is 11.6 Å². The Balaban J connectivity index is 2.19. The molecule has 146 valence electrons. The molecule has 0 spiro atoms. The molecule has 2 aromatic rings. The van der Waals surface area contributed by atoms with Gasteiger partial charge in [0.2, 0.25) is 0 Å². The molecular formula is C21H20Br2N2O3. The van der Waals surface area contributed by atoms with E-state index in [1.165, 1.54) is 25.0 Å². The zero-order chi connectivity index (χ0) is 20.5. The second-order valence-electron chi connectivity index (χ2n) is 6.20. The molecule has 5 nitrogen and oxygen atoms in total. The molecule has 0 saturated carbocycles. The van der Waals surface area contributed by atoms with Crippen molar-refractivity contribution in [2.24, 2.45) is 0 Å². The van der Waals surface area contributed by atoms with Gasteiger partial charge in [0.15, 0.2) is 0 Å². The largest absolute Gasteiger partial charge is 0.491 e. The SMILES string of the molecule is CCCCCCOc1c(Br)cc(/C=C(\C#N)c2ccc([N+](=O)[O-])cc2)cc1Br. The van der Waals surface area contributed by atoms with Crippen molar-refractivity contribution in [3.05, 3.63) is 66.6 Å². The minimum absolute atomic E-state index is 0.00744. The maximum atomic E-state index is 10.8. The Labute approximate surface area is 181 Å². The molecular weight excluding hydrogens is 488 g/mol. The molecule has 0 unspecified atom stereocenters. The van der Waals surface area contributed by atoms with E-state index in [1.54, 1.807) is 18.2 Å². The van der Waals surface area contributed by atoms with E-state index in [4.69, 9.17) is 4.74 Å². The Kier molecular flexibility index (Phi) is 8.68. The van der Waals surface area contributed by atoms with Gasteiger partial charge in [-0.05, 0) is 79.7 Å². The number of ether oxygens (including phenoxy) is 1. The van der Waals surface area contributed by atoms with Gasteiger partial charge in [-0.2, -0.15) is 5.26 Å². The van der Waals surface area contributed by atoms with E-state index < -0.39 is 4.92 Å². The Morgan fingerprint density at radius 3 is 2.36 bits per heavy atom. The molecule has 0 aliphatic heterocycles. The first-order valence-corrected chi connectivity index (χ1v) is 10.5. The van der Waals surface area contributed by atoms with Gasteiger partial charge in [-0.25, -0.2) is 0 Å². The summed E-state index contributed by atoms with van der Waals surface area (Å²) in [7, 11) is 0. The van der Waals surface area contributed by atoms with Crippen molar-refractivity contribution in [3.8, 4) is 11.8 Å². The number of nitro groups is 1. The smallest absolute Gasteiger partial charge is 0.269 e. The van der Waals surface area contributed by atoms with Gasteiger partial charge in [-0.3, -0.25) is 10.1 Å². The summed E-state index contributed by atoms with van der Waals surface area (Å²) in [6, 6.07) is 11.9. The Hall–Kier alpha value is -2.17. The van der Waals surface area contributed by atoms with E-state index in [0.29, 0.717) is 17.7 Å². The number of halogens is 2. The number of hydrogen-bond donors (Lipinski definition) is 0. The molecule has 0 bridgehead atoms. The second-order valence-corrected chi connectivity index (χ2v) is 7.91. The van der Waals surface area contributed by atoms with Crippen molar-refractivity contribution in [2.75, 3.05) is 6.61 Å². The lowest BCUT2D eigenvalue weighted by Crippen LogP contribution is -1.99. The Bertz CT molecular complexity index is 880. The summed E-state index contributed by atoms with van der Waals surface area (Å²) >= 11 is 7.06. The highest BCUT2D eigenvalue weighted by Gasteiger charge is 2.11. The third kappa shape index (κ3) is 6.18. The van der Waals surface area contributed by atoms with Gasteiger partial charge >= 0.3 is 0 Å². The minimum Gasteiger partial charge on any atom is -0.491 e. The number of nitro benzene ring substituents is 1. The lowest BCUT2D eigenvalue weighted by Gasteiger charge is -2.11. The minimum atomic E-state index is -0.464. The molecule has 2 rings (SSSR count). The van der Waals surface area contributed by atoms with Crippen molar-refractivity contribution >= 4 is 49.2 Å². The van der Waals surface area contributed by atoms with Crippen LogP contribution in [0.4, 0.5) is 5.69 Å².